The van der Waals surface area contributed by atoms with Gasteiger partial charge in [0.25, 0.3) is 0 Å². The number of fused-ring (bicyclic) bond motifs is 1. The highest BCUT2D eigenvalue weighted by Crippen LogP contribution is 2.37. The molecule has 0 radical (unpaired) electrons. The van der Waals surface area contributed by atoms with Crippen LogP contribution in [0.5, 0.6) is 0 Å². The first-order valence-corrected chi connectivity index (χ1v) is 14.1. The largest absolute Gasteiger partial charge is 0.490 e. The van der Waals surface area contributed by atoms with Gasteiger partial charge in [-0.15, -0.1) is 0 Å². The van der Waals surface area contributed by atoms with E-state index in [1.165, 1.54) is 18.5 Å². The van der Waals surface area contributed by atoms with Crippen molar-refractivity contribution in [3.8, 4) is 0 Å². The van der Waals surface area contributed by atoms with Gasteiger partial charge in [-0.05, 0) is 51.3 Å². The second-order valence-corrected chi connectivity index (χ2v) is 11.5. The molecule has 11 nitrogen and oxygen atoms in total. The fraction of sp³-hybridized carbons (Fsp3) is 0.500. The number of benzene rings is 1. The van der Waals surface area contributed by atoms with Crippen molar-refractivity contribution in [1.29, 1.82) is 0 Å². The van der Waals surface area contributed by atoms with E-state index in [9.17, 15) is 30.8 Å². The highest BCUT2D eigenvalue weighted by Gasteiger charge is 2.38. The quantitative estimate of drug-likeness (QED) is 0.494. The number of sulfone groups is 1. The lowest BCUT2D eigenvalue weighted by Gasteiger charge is -2.32. The summed E-state index contributed by atoms with van der Waals surface area (Å²) in [5.41, 5.74) is 1.17. The second kappa shape index (κ2) is 12.2. The molecule has 2 N–H and O–H groups in total. The minimum Gasteiger partial charge on any atom is -0.475 e. The summed E-state index contributed by atoms with van der Waals surface area (Å²) < 4.78 is 75.2. The third kappa shape index (κ3) is 7.70. The number of alkyl halides is 3. The van der Waals surface area contributed by atoms with Gasteiger partial charge in [0.1, 0.15) is 23.8 Å². The fourth-order valence-electron chi connectivity index (χ4n) is 4.17. The molecule has 1 fully saturated rings. The molecular formula is C24H29F4N5O6S. The van der Waals surface area contributed by atoms with Crippen molar-refractivity contribution in [3.63, 3.8) is 0 Å². The van der Waals surface area contributed by atoms with Gasteiger partial charge in [0.2, 0.25) is 0 Å². The van der Waals surface area contributed by atoms with E-state index in [0.717, 1.165) is 30.7 Å². The first kappa shape index (κ1) is 30.8. The number of hydrogen-bond acceptors (Lipinski definition) is 9. The lowest BCUT2D eigenvalue weighted by atomic mass is 10.1. The topological polar surface area (TPSA) is 142 Å². The molecule has 1 aromatic heterocycles. The van der Waals surface area contributed by atoms with Gasteiger partial charge in [0.15, 0.2) is 9.84 Å². The van der Waals surface area contributed by atoms with E-state index >= 15 is 0 Å². The molecule has 0 bridgehead atoms. The van der Waals surface area contributed by atoms with Crippen LogP contribution in [0.3, 0.4) is 0 Å². The molecule has 3 heterocycles. The van der Waals surface area contributed by atoms with Crippen molar-refractivity contribution in [3.05, 3.63) is 35.9 Å². The highest BCUT2D eigenvalue weighted by molar-refractivity contribution is 7.90. The molecular weight excluding hydrogens is 562 g/mol. The summed E-state index contributed by atoms with van der Waals surface area (Å²) in [4.78, 5) is 33.2. The predicted molar refractivity (Wildman–Crippen MR) is 136 cm³/mol. The summed E-state index contributed by atoms with van der Waals surface area (Å²) in [6.45, 7) is 5.37. The minimum atomic E-state index is -5.08. The second-order valence-electron chi connectivity index (χ2n) is 9.45. The first-order valence-electron chi connectivity index (χ1n) is 12.2. The number of piperidine rings is 1. The number of likely N-dealkylation sites (tertiary alicyclic amines) is 1. The number of carboxylic acids is 1. The van der Waals surface area contributed by atoms with Gasteiger partial charge in [-0.25, -0.2) is 32.4 Å². The number of aliphatic carboxylic acids is 1. The zero-order valence-corrected chi connectivity index (χ0v) is 22.7. The summed E-state index contributed by atoms with van der Waals surface area (Å²) in [7, 11) is -3.49. The van der Waals surface area contributed by atoms with Crippen molar-refractivity contribution in [2.24, 2.45) is 0 Å². The van der Waals surface area contributed by atoms with Gasteiger partial charge < -0.3 is 25.0 Å². The van der Waals surface area contributed by atoms with Crippen LogP contribution >= 0.6 is 0 Å². The number of carbonyl (C=O) groups is 2. The average Bonchev–Trinajstić information content (AvgIpc) is 3.28. The molecule has 220 valence electrons. The van der Waals surface area contributed by atoms with Crippen LogP contribution in [0.1, 0.15) is 32.3 Å². The summed E-state index contributed by atoms with van der Waals surface area (Å²) in [5.74, 6) is -2.05. The number of anilines is 3. The van der Waals surface area contributed by atoms with E-state index in [0.29, 0.717) is 37.7 Å². The van der Waals surface area contributed by atoms with Gasteiger partial charge in [-0.2, -0.15) is 13.2 Å². The maximum absolute atomic E-state index is 14.8. The SMILES string of the molecule is CC(C)OC(=O)N1CCC(Nc2ncnc3c2CCN3c2ccc(S(C)(=O)=O)cc2F)CC1.O=C(O)C(F)(F)F. The number of rotatable bonds is 5. The van der Waals surface area contributed by atoms with Crippen molar-refractivity contribution in [2.75, 3.05) is 36.1 Å². The lowest BCUT2D eigenvalue weighted by molar-refractivity contribution is -0.192. The van der Waals surface area contributed by atoms with Gasteiger partial charge in [0.05, 0.1) is 16.7 Å². The number of hydrogen-bond donors (Lipinski definition) is 2. The van der Waals surface area contributed by atoms with Gasteiger partial charge in [0, 0.05) is 37.5 Å². The van der Waals surface area contributed by atoms with Crippen molar-refractivity contribution in [1.82, 2.24) is 14.9 Å². The average molecular weight is 592 g/mol. The molecule has 1 aromatic carbocycles. The van der Waals surface area contributed by atoms with Crippen LogP contribution in [-0.2, 0) is 25.8 Å². The maximum Gasteiger partial charge on any atom is 0.490 e. The molecule has 40 heavy (non-hydrogen) atoms. The van der Waals surface area contributed by atoms with Gasteiger partial charge in [-0.3, -0.25) is 0 Å². The number of aromatic nitrogens is 2. The minimum absolute atomic E-state index is 0.0585. The molecule has 0 atom stereocenters. The number of carbonyl (C=O) groups excluding carboxylic acids is 1. The number of ether oxygens (including phenoxy) is 1. The normalized spacial score (nSPS) is 15.8. The Balaban J connectivity index is 0.000000559. The summed E-state index contributed by atoms with van der Waals surface area (Å²) in [5, 5.41) is 10.6. The Morgan fingerprint density at radius 3 is 2.30 bits per heavy atom. The van der Waals surface area contributed by atoms with Crippen LogP contribution in [0.2, 0.25) is 0 Å². The fourth-order valence-corrected chi connectivity index (χ4v) is 4.80. The summed E-state index contributed by atoms with van der Waals surface area (Å²) in [6.07, 6.45) is -0.870. The zero-order chi connectivity index (χ0) is 29.8. The molecule has 0 aliphatic carbocycles. The van der Waals surface area contributed by atoms with Crippen LogP contribution < -0.4 is 10.2 Å². The summed E-state index contributed by atoms with van der Waals surface area (Å²) >= 11 is 0. The summed E-state index contributed by atoms with van der Waals surface area (Å²) in [6, 6.07) is 4.07. The number of nitrogens with zero attached hydrogens (tertiary/aromatic N) is 4. The van der Waals surface area contributed by atoms with E-state index in [1.54, 1.807) is 9.80 Å². The lowest BCUT2D eigenvalue weighted by Crippen LogP contribution is -2.43. The molecule has 2 aromatic rings. The molecule has 4 rings (SSSR count). The van der Waals surface area contributed by atoms with E-state index in [1.807, 2.05) is 13.8 Å². The Labute approximate surface area is 228 Å². The van der Waals surface area contributed by atoms with E-state index in [2.05, 4.69) is 15.3 Å². The molecule has 2 aliphatic heterocycles. The van der Waals surface area contributed by atoms with Gasteiger partial charge >= 0.3 is 18.2 Å². The number of amides is 1. The molecule has 0 saturated carbocycles. The van der Waals surface area contributed by atoms with E-state index < -0.39 is 27.8 Å². The highest BCUT2D eigenvalue weighted by atomic mass is 32.2. The van der Waals surface area contributed by atoms with E-state index in [-0.39, 0.29) is 28.8 Å². The van der Waals surface area contributed by atoms with Crippen molar-refractivity contribution < 1.29 is 45.4 Å². The molecule has 0 spiro atoms. The van der Waals surface area contributed by atoms with Crippen LogP contribution in [-0.4, -0.2) is 84.7 Å². The number of nitrogens with one attached hydrogen (secondary N) is 1. The van der Waals surface area contributed by atoms with Gasteiger partial charge in [-0.1, -0.05) is 0 Å². The van der Waals surface area contributed by atoms with Crippen molar-refractivity contribution in [2.45, 2.75) is 56.3 Å². The van der Waals surface area contributed by atoms with Crippen LogP contribution in [0, 0.1) is 5.82 Å². The standard InChI is InChI=1S/C22H28FN5O4S.C2HF3O2/c1-14(2)32-22(29)27-9-6-15(7-10-27)26-20-17-8-11-28(21(17)25-13-24-20)19-5-4-16(12-18(19)23)33(3,30)31;3-2(4,5)1(6)7/h4-5,12-15H,6-11H2,1-3H3,(H,24,25,26);(H,6,7). The van der Waals surface area contributed by atoms with E-state index in [4.69, 9.17) is 14.6 Å². The molecule has 2 aliphatic rings. The third-order valence-electron chi connectivity index (χ3n) is 6.07. The molecule has 0 unspecified atom stereocenters. The Kier molecular flexibility index (Phi) is 9.43. The number of halogens is 4. The number of carboxylic acid groups (broad SMARTS) is 1. The Hall–Kier alpha value is -3.69. The smallest absolute Gasteiger partial charge is 0.475 e. The third-order valence-corrected chi connectivity index (χ3v) is 7.19. The Morgan fingerprint density at radius 2 is 1.77 bits per heavy atom. The molecule has 16 heteroatoms. The van der Waals surface area contributed by atoms with Crippen molar-refractivity contribution >= 4 is 39.2 Å². The Morgan fingerprint density at radius 1 is 1.15 bits per heavy atom. The Bertz CT molecular complexity index is 1350. The predicted octanol–water partition coefficient (Wildman–Crippen LogP) is 3.77. The van der Waals surface area contributed by atoms with Crippen LogP contribution in [0.15, 0.2) is 29.4 Å². The zero-order valence-electron chi connectivity index (χ0n) is 21.9. The van der Waals surface area contributed by atoms with Crippen LogP contribution in [0.4, 0.5) is 39.7 Å². The van der Waals surface area contributed by atoms with Crippen LogP contribution in [0.25, 0.3) is 0 Å². The monoisotopic (exact) mass is 591 g/mol. The maximum atomic E-state index is 14.8. The first-order chi connectivity index (χ1) is 18.6. The molecule has 1 amide bonds. The molecule has 1 saturated heterocycles.